The molecular formula is C14H16ClN3O6S. The molecule has 3 amide bonds. The standard InChI is InChI=1S/C14H16ClN3O6S/c1-17(2)25(22,23)11-7-9(3-4-10(11)15)13(20)24-8-12(19)18-6-5-16-14(18)21/h3-4,7H,5-6,8H2,1-2H3,(H,16,21). The highest BCUT2D eigenvalue weighted by molar-refractivity contribution is 7.89. The molecule has 0 unspecified atom stereocenters. The molecule has 0 bridgehead atoms. The number of benzene rings is 1. The number of carbonyl (C=O) groups excluding carboxylic acids is 3. The fourth-order valence-electron chi connectivity index (χ4n) is 2.02. The SMILES string of the molecule is CN(C)S(=O)(=O)c1cc(C(=O)OCC(=O)N2CCNC2=O)ccc1Cl. The molecule has 1 aliphatic heterocycles. The van der Waals surface area contributed by atoms with Crippen LogP contribution in [-0.2, 0) is 19.6 Å². The van der Waals surface area contributed by atoms with Gasteiger partial charge >= 0.3 is 12.0 Å². The van der Waals surface area contributed by atoms with Crippen molar-refractivity contribution >= 4 is 39.5 Å². The maximum Gasteiger partial charge on any atom is 0.338 e. The van der Waals surface area contributed by atoms with Crippen LogP contribution in [0.1, 0.15) is 10.4 Å². The van der Waals surface area contributed by atoms with Gasteiger partial charge in [-0.3, -0.25) is 9.69 Å². The lowest BCUT2D eigenvalue weighted by molar-refractivity contribution is -0.130. The van der Waals surface area contributed by atoms with Gasteiger partial charge in [-0.25, -0.2) is 22.3 Å². The molecule has 1 N–H and O–H groups in total. The monoisotopic (exact) mass is 389 g/mol. The highest BCUT2D eigenvalue weighted by atomic mass is 35.5. The summed E-state index contributed by atoms with van der Waals surface area (Å²) in [6.45, 7) is -0.104. The van der Waals surface area contributed by atoms with Crippen molar-refractivity contribution < 1.29 is 27.5 Å². The highest BCUT2D eigenvalue weighted by Crippen LogP contribution is 2.25. The van der Waals surface area contributed by atoms with Gasteiger partial charge in [-0.15, -0.1) is 0 Å². The number of imide groups is 1. The van der Waals surface area contributed by atoms with E-state index in [0.29, 0.717) is 6.54 Å². The molecule has 0 spiro atoms. The second kappa shape index (κ2) is 7.38. The summed E-state index contributed by atoms with van der Waals surface area (Å²) in [6, 6.07) is 3.07. The number of urea groups is 1. The average molecular weight is 390 g/mol. The Kier molecular flexibility index (Phi) is 5.65. The van der Waals surface area contributed by atoms with Gasteiger partial charge in [-0.05, 0) is 18.2 Å². The Bertz CT molecular complexity index is 824. The molecular weight excluding hydrogens is 374 g/mol. The van der Waals surface area contributed by atoms with Crippen LogP contribution in [0.3, 0.4) is 0 Å². The minimum Gasteiger partial charge on any atom is -0.452 e. The molecule has 9 nitrogen and oxygen atoms in total. The second-order valence-electron chi connectivity index (χ2n) is 5.29. The predicted octanol–water partition coefficient (Wildman–Crippen LogP) is 0.299. The molecule has 0 aromatic heterocycles. The quantitative estimate of drug-likeness (QED) is 0.724. The lowest BCUT2D eigenvalue weighted by Crippen LogP contribution is -2.37. The number of halogens is 1. The van der Waals surface area contributed by atoms with Crippen molar-refractivity contribution in [3.63, 3.8) is 0 Å². The number of hydrogen-bond acceptors (Lipinski definition) is 6. The minimum absolute atomic E-state index is 0.0462. The van der Waals surface area contributed by atoms with Crippen LogP contribution in [0.25, 0.3) is 0 Å². The summed E-state index contributed by atoms with van der Waals surface area (Å²) in [5.74, 6) is -1.57. The van der Waals surface area contributed by atoms with Gasteiger partial charge in [0.15, 0.2) is 6.61 Å². The first-order valence-electron chi connectivity index (χ1n) is 7.12. The highest BCUT2D eigenvalue weighted by Gasteiger charge is 2.27. The van der Waals surface area contributed by atoms with E-state index in [4.69, 9.17) is 16.3 Å². The van der Waals surface area contributed by atoms with Crippen molar-refractivity contribution in [1.82, 2.24) is 14.5 Å². The van der Waals surface area contributed by atoms with Crippen molar-refractivity contribution in [2.24, 2.45) is 0 Å². The third-order valence-corrected chi connectivity index (χ3v) is 5.71. The maximum absolute atomic E-state index is 12.2. The lowest BCUT2D eigenvalue weighted by atomic mass is 10.2. The van der Waals surface area contributed by atoms with Gasteiger partial charge in [-0.1, -0.05) is 11.6 Å². The van der Waals surface area contributed by atoms with Crippen LogP contribution in [-0.4, -0.2) is 69.3 Å². The average Bonchev–Trinajstić information content (AvgIpc) is 2.98. The first-order valence-corrected chi connectivity index (χ1v) is 8.94. The lowest BCUT2D eigenvalue weighted by Gasteiger charge is -2.14. The van der Waals surface area contributed by atoms with E-state index < -0.39 is 34.5 Å². The number of rotatable bonds is 5. The summed E-state index contributed by atoms with van der Waals surface area (Å²) < 4.78 is 30.2. The van der Waals surface area contributed by atoms with E-state index in [1.807, 2.05) is 0 Å². The van der Waals surface area contributed by atoms with Crippen LogP contribution in [0.15, 0.2) is 23.1 Å². The number of nitrogens with one attached hydrogen (secondary N) is 1. The molecule has 0 radical (unpaired) electrons. The van der Waals surface area contributed by atoms with E-state index in [0.717, 1.165) is 15.3 Å². The van der Waals surface area contributed by atoms with Gasteiger partial charge in [-0.2, -0.15) is 0 Å². The fourth-order valence-corrected chi connectivity index (χ4v) is 3.42. The number of carbonyl (C=O) groups is 3. The first kappa shape index (κ1) is 19.2. The topological polar surface area (TPSA) is 113 Å². The molecule has 136 valence electrons. The van der Waals surface area contributed by atoms with Crippen LogP contribution < -0.4 is 5.32 Å². The van der Waals surface area contributed by atoms with E-state index in [1.54, 1.807) is 0 Å². The van der Waals surface area contributed by atoms with Crippen molar-refractivity contribution in [1.29, 1.82) is 0 Å². The molecule has 25 heavy (non-hydrogen) atoms. The Labute approximate surface area is 149 Å². The Hall–Kier alpha value is -2.17. The van der Waals surface area contributed by atoms with Crippen LogP contribution in [0, 0.1) is 0 Å². The van der Waals surface area contributed by atoms with Crippen LogP contribution >= 0.6 is 11.6 Å². The van der Waals surface area contributed by atoms with Gasteiger partial charge in [0.25, 0.3) is 5.91 Å². The Morgan fingerprint density at radius 1 is 1.36 bits per heavy atom. The normalized spacial score (nSPS) is 14.6. The summed E-state index contributed by atoms with van der Waals surface area (Å²) in [5, 5.41) is 2.40. The summed E-state index contributed by atoms with van der Waals surface area (Å²) >= 11 is 5.90. The molecule has 2 rings (SSSR count). The number of sulfonamides is 1. The molecule has 11 heteroatoms. The second-order valence-corrected chi connectivity index (χ2v) is 7.81. The number of amides is 3. The molecule has 0 aliphatic carbocycles. The number of ether oxygens (including phenoxy) is 1. The molecule has 1 heterocycles. The van der Waals surface area contributed by atoms with Gasteiger partial charge in [0.2, 0.25) is 10.0 Å². The fraction of sp³-hybridized carbons (Fsp3) is 0.357. The van der Waals surface area contributed by atoms with Gasteiger partial charge in [0.05, 0.1) is 10.6 Å². The maximum atomic E-state index is 12.2. The summed E-state index contributed by atoms with van der Waals surface area (Å²) in [6.07, 6.45) is 0. The zero-order valence-corrected chi connectivity index (χ0v) is 15.1. The smallest absolute Gasteiger partial charge is 0.338 e. The summed E-state index contributed by atoms with van der Waals surface area (Å²) in [5.41, 5.74) is -0.0801. The van der Waals surface area contributed by atoms with Crippen molar-refractivity contribution in [2.45, 2.75) is 4.90 Å². The van der Waals surface area contributed by atoms with Crippen molar-refractivity contribution in [3.8, 4) is 0 Å². The third kappa shape index (κ3) is 4.09. The van der Waals surface area contributed by atoms with E-state index in [2.05, 4.69) is 5.32 Å². The number of nitrogens with zero attached hydrogens (tertiary/aromatic N) is 2. The van der Waals surface area contributed by atoms with Crippen LogP contribution in [0.5, 0.6) is 0 Å². The molecule has 0 atom stereocenters. The zero-order chi connectivity index (χ0) is 18.8. The van der Waals surface area contributed by atoms with Crippen LogP contribution in [0.2, 0.25) is 5.02 Å². The summed E-state index contributed by atoms with van der Waals surface area (Å²) in [7, 11) is -1.19. The van der Waals surface area contributed by atoms with E-state index in [9.17, 15) is 22.8 Å². The third-order valence-electron chi connectivity index (χ3n) is 3.41. The largest absolute Gasteiger partial charge is 0.452 e. The van der Waals surface area contributed by atoms with E-state index >= 15 is 0 Å². The van der Waals surface area contributed by atoms with E-state index in [-0.39, 0.29) is 22.0 Å². The Morgan fingerprint density at radius 3 is 2.60 bits per heavy atom. The Morgan fingerprint density at radius 2 is 2.04 bits per heavy atom. The van der Waals surface area contributed by atoms with Gasteiger partial charge in [0.1, 0.15) is 4.90 Å². The predicted molar refractivity (Wildman–Crippen MR) is 87.7 cm³/mol. The van der Waals surface area contributed by atoms with E-state index in [1.165, 1.54) is 26.2 Å². The number of hydrogen-bond donors (Lipinski definition) is 1. The minimum atomic E-state index is -3.85. The van der Waals surface area contributed by atoms with Gasteiger partial charge in [0, 0.05) is 27.2 Å². The zero-order valence-electron chi connectivity index (χ0n) is 13.5. The van der Waals surface area contributed by atoms with Crippen molar-refractivity contribution in [2.75, 3.05) is 33.8 Å². The summed E-state index contributed by atoms with van der Waals surface area (Å²) in [4.78, 5) is 35.9. The molecule has 0 saturated carbocycles. The van der Waals surface area contributed by atoms with Crippen LogP contribution in [0.4, 0.5) is 4.79 Å². The molecule has 1 aromatic rings. The van der Waals surface area contributed by atoms with Gasteiger partial charge < -0.3 is 10.1 Å². The molecule has 1 aliphatic rings. The van der Waals surface area contributed by atoms with Crippen molar-refractivity contribution in [3.05, 3.63) is 28.8 Å². The molecule has 1 aromatic carbocycles. The molecule has 1 saturated heterocycles. The Balaban J connectivity index is 2.12. The molecule has 1 fully saturated rings. The first-order chi connectivity index (χ1) is 11.6. The number of esters is 1.